The zero-order valence-electron chi connectivity index (χ0n) is 11.5. The van der Waals surface area contributed by atoms with Crippen molar-refractivity contribution in [3.8, 4) is 0 Å². The first-order chi connectivity index (χ1) is 10.1. The van der Waals surface area contributed by atoms with Crippen LogP contribution in [0.4, 0.5) is 4.39 Å². The minimum Gasteiger partial charge on any atom is -0.460 e. The fraction of sp³-hybridized carbons (Fsp3) is 0.250. The van der Waals surface area contributed by atoms with Crippen LogP contribution in [0.3, 0.4) is 0 Å². The van der Waals surface area contributed by atoms with Crippen molar-refractivity contribution in [2.75, 3.05) is 0 Å². The number of nitrogens with zero attached hydrogens (tertiary/aromatic N) is 1. The topological polar surface area (TPSA) is 54.6 Å². The summed E-state index contributed by atoms with van der Waals surface area (Å²) >= 11 is 0. The Hall–Kier alpha value is -2.43. The maximum Gasteiger partial charge on any atom is 0.271 e. The highest BCUT2D eigenvalue weighted by Crippen LogP contribution is 2.47. The number of hydrogen-bond acceptors (Lipinski definition) is 3. The number of nitrogens with one attached hydrogen (secondary N) is 1. The fourth-order valence-corrected chi connectivity index (χ4v) is 2.18. The van der Waals surface area contributed by atoms with Crippen LogP contribution in [0.15, 0.2) is 45.9 Å². The first-order valence-electron chi connectivity index (χ1n) is 6.82. The molecule has 4 nitrogen and oxygen atoms in total. The molecule has 1 heterocycles. The Bertz CT molecular complexity index is 676. The number of furan rings is 1. The van der Waals surface area contributed by atoms with E-state index in [4.69, 9.17) is 4.42 Å². The number of carbonyl (C=O) groups is 1. The van der Waals surface area contributed by atoms with Crippen molar-refractivity contribution in [3.63, 3.8) is 0 Å². The van der Waals surface area contributed by atoms with Crippen LogP contribution in [0.25, 0.3) is 0 Å². The van der Waals surface area contributed by atoms with E-state index < -0.39 is 5.91 Å². The molecule has 1 amide bonds. The Morgan fingerprint density at radius 1 is 1.33 bits per heavy atom. The molecule has 108 valence electrons. The Morgan fingerprint density at radius 3 is 2.71 bits per heavy atom. The summed E-state index contributed by atoms with van der Waals surface area (Å²) in [5, 5.41) is 3.84. The van der Waals surface area contributed by atoms with Crippen LogP contribution in [-0.2, 0) is 0 Å². The van der Waals surface area contributed by atoms with Crippen LogP contribution in [-0.4, -0.2) is 12.1 Å². The average Bonchev–Trinajstić information content (AvgIpc) is 3.01. The van der Waals surface area contributed by atoms with E-state index in [1.807, 2.05) is 12.1 Å². The maximum atomic E-state index is 12.7. The van der Waals surface area contributed by atoms with Gasteiger partial charge in [0, 0.05) is 11.5 Å². The molecule has 5 heteroatoms. The Balaban J connectivity index is 1.57. The molecule has 2 aromatic rings. The third kappa shape index (κ3) is 3.18. The molecular weight excluding hydrogens is 271 g/mol. The summed E-state index contributed by atoms with van der Waals surface area (Å²) in [5.74, 6) is 1.98. The Morgan fingerprint density at radius 2 is 2.05 bits per heavy atom. The number of benzene rings is 1. The van der Waals surface area contributed by atoms with Gasteiger partial charge in [-0.3, -0.25) is 4.79 Å². The number of halogens is 1. The summed E-state index contributed by atoms with van der Waals surface area (Å²) in [6, 6.07) is 9.03. The Kier molecular flexibility index (Phi) is 3.56. The zero-order chi connectivity index (χ0) is 14.8. The largest absolute Gasteiger partial charge is 0.460 e. The summed E-state index contributed by atoms with van der Waals surface area (Å²) in [6.07, 6.45) is 2.61. The number of hydrogen-bond donors (Lipinski definition) is 1. The molecule has 1 aliphatic carbocycles. The molecule has 1 aromatic heterocycles. The quantitative estimate of drug-likeness (QED) is 0.692. The number of hydrazone groups is 1. The Labute approximate surface area is 121 Å². The second kappa shape index (κ2) is 5.52. The van der Waals surface area contributed by atoms with E-state index in [-0.39, 0.29) is 5.82 Å². The van der Waals surface area contributed by atoms with Crippen molar-refractivity contribution in [1.29, 1.82) is 0 Å². The van der Waals surface area contributed by atoms with Crippen LogP contribution in [0, 0.1) is 11.7 Å². The maximum absolute atomic E-state index is 12.7. The summed E-state index contributed by atoms with van der Waals surface area (Å²) in [7, 11) is 0. The highest BCUT2D eigenvalue weighted by atomic mass is 19.1. The zero-order valence-corrected chi connectivity index (χ0v) is 11.5. The molecule has 0 spiro atoms. The molecule has 0 saturated heterocycles. The van der Waals surface area contributed by atoms with Gasteiger partial charge in [-0.1, -0.05) is 6.92 Å². The van der Waals surface area contributed by atoms with Crippen molar-refractivity contribution >= 4 is 12.1 Å². The molecule has 21 heavy (non-hydrogen) atoms. The molecule has 1 N–H and O–H groups in total. The van der Waals surface area contributed by atoms with E-state index in [1.165, 1.54) is 30.5 Å². The lowest BCUT2D eigenvalue weighted by molar-refractivity contribution is 0.0955. The summed E-state index contributed by atoms with van der Waals surface area (Å²) < 4.78 is 18.4. The van der Waals surface area contributed by atoms with Gasteiger partial charge in [-0.05, 0) is 48.7 Å². The third-order valence-electron chi connectivity index (χ3n) is 3.59. The predicted octanol–water partition coefficient (Wildman–Crippen LogP) is 3.31. The monoisotopic (exact) mass is 286 g/mol. The first kappa shape index (κ1) is 13.5. The van der Waals surface area contributed by atoms with Gasteiger partial charge >= 0.3 is 0 Å². The molecule has 1 aromatic carbocycles. The number of carbonyl (C=O) groups excluding carboxylic acids is 1. The third-order valence-corrected chi connectivity index (χ3v) is 3.59. The summed E-state index contributed by atoms with van der Waals surface area (Å²) in [5.41, 5.74) is 2.73. The normalized spacial score (nSPS) is 20.7. The van der Waals surface area contributed by atoms with E-state index in [9.17, 15) is 9.18 Å². The van der Waals surface area contributed by atoms with Crippen molar-refractivity contribution < 1.29 is 13.6 Å². The second-order valence-corrected chi connectivity index (χ2v) is 5.27. The van der Waals surface area contributed by atoms with Crippen LogP contribution in [0.5, 0.6) is 0 Å². The molecule has 0 aliphatic heterocycles. The van der Waals surface area contributed by atoms with Gasteiger partial charge in [0.05, 0.1) is 6.21 Å². The van der Waals surface area contributed by atoms with Gasteiger partial charge in [-0.25, -0.2) is 9.82 Å². The molecular formula is C16H15FN2O2. The van der Waals surface area contributed by atoms with E-state index in [1.54, 1.807) is 0 Å². The number of rotatable bonds is 4. The van der Waals surface area contributed by atoms with Gasteiger partial charge in [0.25, 0.3) is 5.91 Å². The van der Waals surface area contributed by atoms with Crippen LogP contribution < -0.4 is 5.43 Å². The van der Waals surface area contributed by atoms with Gasteiger partial charge < -0.3 is 4.42 Å². The second-order valence-electron chi connectivity index (χ2n) is 5.27. The molecule has 1 aliphatic rings. The van der Waals surface area contributed by atoms with Crippen molar-refractivity contribution in [2.45, 2.75) is 19.3 Å². The minimum atomic E-state index is -0.395. The van der Waals surface area contributed by atoms with Crippen molar-refractivity contribution in [1.82, 2.24) is 5.43 Å². The average molecular weight is 286 g/mol. The van der Waals surface area contributed by atoms with Crippen molar-refractivity contribution in [3.05, 3.63) is 59.3 Å². The predicted molar refractivity (Wildman–Crippen MR) is 76.7 cm³/mol. The van der Waals surface area contributed by atoms with Crippen LogP contribution >= 0.6 is 0 Å². The lowest BCUT2D eigenvalue weighted by Crippen LogP contribution is -2.17. The van der Waals surface area contributed by atoms with Gasteiger partial charge in [-0.2, -0.15) is 5.10 Å². The lowest BCUT2D eigenvalue weighted by atomic mass is 10.2. The fourth-order valence-electron chi connectivity index (χ4n) is 2.18. The van der Waals surface area contributed by atoms with E-state index in [2.05, 4.69) is 17.5 Å². The van der Waals surface area contributed by atoms with E-state index in [0.717, 1.165) is 12.2 Å². The van der Waals surface area contributed by atoms with E-state index in [0.29, 0.717) is 23.2 Å². The minimum absolute atomic E-state index is 0.348. The van der Waals surface area contributed by atoms with Gasteiger partial charge in [0.15, 0.2) is 0 Å². The SMILES string of the molecule is C[C@H]1C[C@H]1c1ccc(/C=N\NC(=O)c2ccc(F)cc2)o1. The molecule has 0 bridgehead atoms. The molecule has 2 atom stereocenters. The van der Waals surface area contributed by atoms with Crippen LogP contribution in [0.2, 0.25) is 0 Å². The number of amides is 1. The van der Waals surface area contributed by atoms with Gasteiger partial charge in [0.1, 0.15) is 17.3 Å². The van der Waals surface area contributed by atoms with E-state index >= 15 is 0 Å². The smallest absolute Gasteiger partial charge is 0.271 e. The molecule has 0 radical (unpaired) electrons. The molecule has 3 rings (SSSR count). The summed E-state index contributed by atoms with van der Waals surface area (Å²) in [4.78, 5) is 11.7. The highest BCUT2D eigenvalue weighted by Gasteiger charge is 2.36. The molecule has 1 fully saturated rings. The molecule has 1 saturated carbocycles. The highest BCUT2D eigenvalue weighted by molar-refractivity contribution is 5.94. The lowest BCUT2D eigenvalue weighted by Gasteiger charge is -1.98. The van der Waals surface area contributed by atoms with Gasteiger partial charge in [0.2, 0.25) is 0 Å². The van der Waals surface area contributed by atoms with Crippen molar-refractivity contribution in [2.24, 2.45) is 11.0 Å². The molecule has 0 unspecified atom stereocenters. The van der Waals surface area contributed by atoms with Crippen LogP contribution in [0.1, 0.15) is 41.1 Å². The first-order valence-corrected chi connectivity index (χ1v) is 6.82. The van der Waals surface area contributed by atoms with Gasteiger partial charge in [-0.15, -0.1) is 0 Å². The summed E-state index contributed by atoms with van der Waals surface area (Å²) in [6.45, 7) is 2.18. The standard InChI is InChI=1S/C16H15FN2O2/c1-10-8-14(10)15-7-6-13(21-15)9-18-19-16(20)11-2-4-12(17)5-3-11/h2-7,9-10,14H,8H2,1H3,(H,19,20)/b18-9-/t10-,14+/m0/s1.